The summed E-state index contributed by atoms with van der Waals surface area (Å²) in [5, 5.41) is 3.65. The summed E-state index contributed by atoms with van der Waals surface area (Å²) in [5.41, 5.74) is 0. The van der Waals surface area contributed by atoms with Gasteiger partial charge in [-0.1, -0.05) is 18.2 Å². The zero-order valence-electron chi connectivity index (χ0n) is 17.4. The van der Waals surface area contributed by atoms with Crippen molar-refractivity contribution < 1.29 is 14.3 Å². The minimum atomic E-state index is 0.0529. The fourth-order valence-corrected chi connectivity index (χ4v) is 5.12. The summed E-state index contributed by atoms with van der Waals surface area (Å²) in [6.45, 7) is 1.74. The molecule has 1 N–H and O–H groups in total. The molecule has 0 aromatic heterocycles. The standard InChI is InChI=1S/C23H33N3O3/c1-25(20-15-18-7-8-19(16-20)24-18)23(28)17-9-12-26(13-10-17)22(27)11-14-29-21-5-3-2-4-6-21/h2-6,17-20,24H,7-16H2,1H3. The second-order valence-electron chi connectivity index (χ2n) is 8.78. The van der Waals surface area contributed by atoms with Crippen molar-refractivity contribution in [2.45, 2.75) is 63.1 Å². The number of carbonyl (C=O) groups is 2. The van der Waals surface area contributed by atoms with Gasteiger partial charge in [0.15, 0.2) is 0 Å². The number of amides is 2. The molecule has 2 bridgehead atoms. The van der Waals surface area contributed by atoms with E-state index in [4.69, 9.17) is 4.74 Å². The highest BCUT2D eigenvalue weighted by Gasteiger charge is 2.38. The van der Waals surface area contributed by atoms with Crippen molar-refractivity contribution in [1.29, 1.82) is 0 Å². The Kier molecular flexibility index (Phi) is 6.38. The molecular formula is C23H33N3O3. The van der Waals surface area contributed by atoms with E-state index in [1.165, 1.54) is 12.8 Å². The highest BCUT2D eigenvalue weighted by Crippen LogP contribution is 2.31. The molecule has 29 heavy (non-hydrogen) atoms. The van der Waals surface area contributed by atoms with E-state index in [2.05, 4.69) is 5.32 Å². The smallest absolute Gasteiger partial charge is 0.225 e. The molecule has 3 aliphatic rings. The molecule has 2 amide bonds. The van der Waals surface area contributed by atoms with Crippen molar-refractivity contribution in [3.05, 3.63) is 30.3 Å². The maximum atomic E-state index is 13.0. The van der Waals surface area contributed by atoms with Crippen LogP contribution < -0.4 is 10.1 Å². The maximum absolute atomic E-state index is 13.0. The summed E-state index contributed by atoms with van der Waals surface area (Å²) in [6, 6.07) is 11.1. The molecule has 1 aromatic rings. The van der Waals surface area contributed by atoms with Gasteiger partial charge in [0.05, 0.1) is 13.0 Å². The van der Waals surface area contributed by atoms with Crippen molar-refractivity contribution >= 4 is 11.8 Å². The van der Waals surface area contributed by atoms with Crippen LogP contribution in [0.5, 0.6) is 5.75 Å². The predicted molar refractivity (Wildman–Crippen MR) is 112 cm³/mol. The summed E-state index contributed by atoms with van der Waals surface area (Å²) in [4.78, 5) is 29.4. The summed E-state index contributed by atoms with van der Waals surface area (Å²) in [7, 11) is 1.98. The van der Waals surface area contributed by atoms with Crippen LogP contribution in [-0.2, 0) is 9.59 Å². The third-order valence-electron chi connectivity index (χ3n) is 6.87. The number of piperidine rings is 2. The lowest BCUT2D eigenvalue weighted by molar-refractivity contribution is -0.142. The molecule has 3 aliphatic heterocycles. The van der Waals surface area contributed by atoms with Gasteiger partial charge in [0, 0.05) is 44.2 Å². The lowest BCUT2D eigenvalue weighted by Crippen LogP contribution is -2.51. The SMILES string of the molecule is CN(C(=O)C1CCN(C(=O)CCOc2ccccc2)CC1)C1CC2CCC(C1)N2. The van der Waals surface area contributed by atoms with Gasteiger partial charge in [-0.05, 0) is 50.7 Å². The van der Waals surface area contributed by atoms with Gasteiger partial charge in [0.1, 0.15) is 5.75 Å². The molecule has 2 atom stereocenters. The molecule has 3 fully saturated rings. The average molecular weight is 400 g/mol. The largest absolute Gasteiger partial charge is 0.493 e. The van der Waals surface area contributed by atoms with Crippen molar-refractivity contribution in [2.24, 2.45) is 5.92 Å². The van der Waals surface area contributed by atoms with Gasteiger partial charge in [-0.2, -0.15) is 0 Å². The van der Waals surface area contributed by atoms with Crippen molar-refractivity contribution in [3.8, 4) is 5.75 Å². The van der Waals surface area contributed by atoms with Crippen LogP contribution in [0.15, 0.2) is 30.3 Å². The van der Waals surface area contributed by atoms with Crippen LogP contribution in [0.25, 0.3) is 0 Å². The van der Waals surface area contributed by atoms with E-state index in [0.717, 1.165) is 31.4 Å². The number of benzene rings is 1. The molecule has 4 rings (SSSR count). The summed E-state index contributed by atoms with van der Waals surface area (Å²) in [5.74, 6) is 1.24. The Morgan fingerprint density at radius 2 is 1.72 bits per heavy atom. The Morgan fingerprint density at radius 1 is 1.07 bits per heavy atom. The Hall–Kier alpha value is -2.08. The third-order valence-corrected chi connectivity index (χ3v) is 6.87. The normalized spacial score (nSPS) is 26.9. The van der Waals surface area contributed by atoms with Gasteiger partial charge in [0.25, 0.3) is 0 Å². The first kappa shape index (κ1) is 20.2. The molecular weight excluding hydrogens is 366 g/mol. The second kappa shape index (κ2) is 9.16. The van der Waals surface area contributed by atoms with Crippen molar-refractivity contribution in [3.63, 3.8) is 0 Å². The predicted octanol–water partition coefficient (Wildman–Crippen LogP) is 2.44. The zero-order chi connectivity index (χ0) is 20.2. The Labute approximate surface area is 173 Å². The van der Waals surface area contributed by atoms with Crippen LogP contribution >= 0.6 is 0 Å². The molecule has 3 heterocycles. The monoisotopic (exact) mass is 399 g/mol. The van der Waals surface area contributed by atoms with E-state index in [1.54, 1.807) is 0 Å². The Balaban J connectivity index is 1.19. The minimum absolute atomic E-state index is 0.0529. The molecule has 0 saturated carbocycles. The van der Waals surface area contributed by atoms with E-state index in [1.807, 2.05) is 47.2 Å². The highest BCUT2D eigenvalue weighted by atomic mass is 16.5. The molecule has 0 radical (unpaired) electrons. The number of rotatable bonds is 6. The van der Waals surface area contributed by atoms with Crippen LogP contribution in [0.3, 0.4) is 0 Å². The number of nitrogens with one attached hydrogen (secondary N) is 1. The number of hydrogen-bond donors (Lipinski definition) is 1. The number of ether oxygens (including phenoxy) is 1. The molecule has 1 aromatic carbocycles. The lowest BCUT2D eigenvalue weighted by atomic mass is 9.92. The maximum Gasteiger partial charge on any atom is 0.225 e. The zero-order valence-corrected chi connectivity index (χ0v) is 17.4. The summed E-state index contributed by atoms with van der Waals surface area (Å²) in [6.07, 6.45) is 6.58. The Morgan fingerprint density at radius 3 is 2.38 bits per heavy atom. The van der Waals surface area contributed by atoms with E-state index in [0.29, 0.717) is 44.2 Å². The first-order valence-corrected chi connectivity index (χ1v) is 11.1. The number of para-hydroxylation sites is 1. The number of fused-ring (bicyclic) bond motifs is 2. The fraction of sp³-hybridized carbons (Fsp3) is 0.652. The molecule has 6 nitrogen and oxygen atoms in total. The number of likely N-dealkylation sites (tertiary alicyclic amines) is 1. The summed E-state index contributed by atoms with van der Waals surface area (Å²) < 4.78 is 5.63. The lowest BCUT2D eigenvalue weighted by Gasteiger charge is -2.39. The molecule has 3 saturated heterocycles. The average Bonchev–Trinajstić information content (AvgIpc) is 3.11. The van der Waals surface area contributed by atoms with Crippen LogP contribution in [0.2, 0.25) is 0 Å². The molecule has 0 spiro atoms. The number of nitrogens with zero attached hydrogens (tertiary/aromatic N) is 2. The van der Waals surface area contributed by atoms with E-state index < -0.39 is 0 Å². The van der Waals surface area contributed by atoms with Crippen LogP contribution in [-0.4, -0.2) is 66.5 Å². The first-order chi connectivity index (χ1) is 14.1. The van der Waals surface area contributed by atoms with E-state index in [9.17, 15) is 9.59 Å². The summed E-state index contributed by atoms with van der Waals surface area (Å²) >= 11 is 0. The van der Waals surface area contributed by atoms with Crippen molar-refractivity contribution in [1.82, 2.24) is 15.1 Å². The number of hydrogen-bond acceptors (Lipinski definition) is 4. The van der Waals surface area contributed by atoms with Gasteiger partial charge in [-0.3, -0.25) is 9.59 Å². The van der Waals surface area contributed by atoms with Crippen LogP contribution in [0.1, 0.15) is 44.9 Å². The quantitative estimate of drug-likeness (QED) is 0.798. The molecule has 6 heteroatoms. The van der Waals surface area contributed by atoms with Crippen LogP contribution in [0.4, 0.5) is 0 Å². The van der Waals surface area contributed by atoms with Gasteiger partial charge in [0.2, 0.25) is 11.8 Å². The second-order valence-corrected chi connectivity index (χ2v) is 8.78. The first-order valence-electron chi connectivity index (χ1n) is 11.1. The van der Waals surface area contributed by atoms with Gasteiger partial charge >= 0.3 is 0 Å². The molecule has 158 valence electrons. The van der Waals surface area contributed by atoms with E-state index in [-0.39, 0.29) is 17.7 Å². The van der Waals surface area contributed by atoms with Crippen LogP contribution in [0, 0.1) is 5.92 Å². The van der Waals surface area contributed by atoms with Crippen molar-refractivity contribution in [2.75, 3.05) is 26.7 Å². The third kappa shape index (κ3) is 4.92. The highest BCUT2D eigenvalue weighted by molar-refractivity contribution is 5.80. The number of carbonyl (C=O) groups excluding carboxylic acids is 2. The Bertz CT molecular complexity index is 691. The van der Waals surface area contributed by atoms with E-state index >= 15 is 0 Å². The minimum Gasteiger partial charge on any atom is -0.493 e. The van der Waals surface area contributed by atoms with Gasteiger partial charge in [-0.25, -0.2) is 0 Å². The van der Waals surface area contributed by atoms with Gasteiger partial charge < -0.3 is 19.9 Å². The fourth-order valence-electron chi connectivity index (χ4n) is 5.12. The van der Waals surface area contributed by atoms with Gasteiger partial charge in [-0.15, -0.1) is 0 Å². The molecule has 0 aliphatic carbocycles. The molecule has 2 unspecified atom stereocenters. The topological polar surface area (TPSA) is 61.9 Å².